The Morgan fingerprint density at radius 3 is 1.97 bits per heavy atom. The van der Waals surface area contributed by atoms with Gasteiger partial charge in [0, 0.05) is 0 Å². The monoisotopic (exact) mass is 458 g/mol. The number of halogens is 1. The van der Waals surface area contributed by atoms with Gasteiger partial charge in [-0.25, -0.2) is 9.29 Å². The summed E-state index contributed by atoms with van der Waals surface area (Å²) < 4.78 is 13.7. The van der Waals surface area contributed by atoms with E-state index < -0.39 is 17.5 Å². The SMILES string of the molecule is O=C1CC(N2CCC(C(O)(c3ccccc3)c3ccccc3)CC2)C(=O)N1c1cccc(F)c1. The number of rotatable bonds is 5. The summed E-state index contributed by atoms with van der Waals surface area (Å²) in [5.41, 5.74) is 0.834. The van der Waals surface area contributed by atoms with Crippen molar-refractivity contribution in [1.29, 1.82) is 0 Å². The number of piperidine rings is 1. The van der Waals surface area contributed by atoms with Crippen molar-refractivity contribution in [2.75, 3.05) is 18.0 Å². The van der Waals surface area contributed by atoms with Gasteiger partial charge in [-0.3, -0.25) is 14.5 Å². The maximum atomic E-state index is 13.7. The molecule has 5 rings (SSSR count). The van der Waals surface area contributed by atoms with Crippen LogP contribution in [-0.2, 0) is 15.2 Å². The Morgan fingerprint density at radius 2 is 1.41 bits per heavy atom. The molecule has 34 heavy (non-hydrogen) atoms. The number of carbonyl (C=O) groups is 2. The summed E-state index contributed by atoms with van der Waals surface area (Å²) in [5.74, 6) is -1.15. The van der Waals surface area contributed by atoms with Crippen LogP contribution in [0.1, 0.15) is 30.4 Å². The van der Waals surface area contributed by atoms with Crippen molar-refractivity contribution >= 4 is 17.5 Å². The molecule has 0 spiro atoms. The molecule has 2 heterocycles. The van der Waals surface area contributed by atoms with Crippen LogP contribution >= 0.6 is 0 Å². The molecule has 0 bridgehead atoms. The molecule has 2 aliphatic heterocycles. The van der Waals surface area contributed by atoms with Crippen LogP contribution in [0.15, 0.2) is 84.9 Å². The van der Waals surface area contributed by atoms with Crippen molar-refractivity contribution in [2.45, 2.75) is 30.9 Å². The zero-order valence-electron chi connectivity index (χ0n) is 18.8. The molecule has 2 amide bonds. The molecule has 2 fully saturated rings. The van der Waals surface area contributed by atoms with Crippen molar-refractivity contribution in [3.63, 3.8) is 0 Å². The predicted molar refractivity (Wildman–Crippen MR) is 127 cm³/mol. The van der Waals surface area contributed by atoms with Gasteiger partial charge in [-0.05, 0) is 61.2 Å². The molecular formula is C28H27FN2O3. The minimum absolute atomic E-state index is 0.0416. The Balaban J connectivity index is 1.35. The minimum atomic E-state index is -1.14. The van der Waals surface area contributed by atoms with Crippen LogP contribution < -0.4 is 4.90 Å². The van der Waals surface area contributed by atoms with E-state index in [0.29, 0.717) is 25.9 Å². The van der Waals surface area contributed by atoms with E-state index in [9.17, 15) is 19.1 Å². The molecule has 2 saturated heterocycles. The van der Waals surface area contributed by atoms with Crippen LogP contribution in [0.2, 0.25) is 0 Å². The van der Waals surface area contributed by atoms with Crippen molar-refractivity contribution in [1.82, 2.24) is 4.90 Å². The summed E-state index contributed by atoms with van der Waals surface area (Å²) >= 11 is 0. The molecule has 0 radical (unpaired) electrons. The molecule has 0 aliphatic carbocycles. The third-order valence-corrected chi connectivity index (χ3v) is 7.18. The molecule has 0 saturated carbocycles. The maximum absolute atomic E-state index is 13.7. The fourth-order valence-electron chi connectivity index (χ4n) is 5.44. The number of nitrogens with zero attached hydrogens (tertiary/aromatic N) is 2. The van der Waals surface area contributed by atoms with E-state index in [1.807, 2.05) is 65.6 Å². The Kier molecular flexibility index (Phi) is 6.02. The van der Waals surface area contributed by atoms with E-state index in [2.05, 4.69) is 0 Å². The van der Waals surface area contributed by atoms with Crippen molar-refractivity contribution in [3.8, 4) is 0 Å². The summed E-state index contributed by atoms with van der Waals surface area (Å²) in [6, 6.07) is 24.4. The molecule has 1 unspecified atom stereocenters. The highest BCUT2D eigenvalue weighted by molar-refractivity contribution is 6.22. The van der Waals surface area contributed by atoms with Gasteiger partial charge in [-0.1, -0.05) is 66.7 Å². The lowest BCUT2D eigenvalue weighted by atomic mass is 9.72. The van der Waals surface area contributed by atoms with E-state index in [1.165, 1.54) is 18.2 Å². The van der Waals surface area contributed by atoms with E-state index in [0.717, 1.165) is 16.0 Å². The molecular weight excluding hydrogens is 431 g/mol. The first kappa shape index (κ1) is 22.4. The summed E-state index contributed by atoms with van der Waals surface area (Å²) in [5, 5.41) is 12.1. The Morgan fingerprint density at radius 1 is 0.824 bits per heavy atom. The molecule has 174 valence electrons. The van der Waals surface area contributed by atoms with Crippen LogP contribution in [0.5, 0.6) is 0 Å². The lowest BCUT2D eigenvalue weighted by Crippen LogP contribution is -2.49. The Hall–Kier alpha value is -3.35. The topological polar surface area (TPSA) is 60.9 Å². The van der Waals surface area contributed by atoms with Gasteiger partial charge < -0.3 is 5.11 Å². The second-order valence-electron chi connectivity index (χ2n) is 9.08. The number of likely N-dealkylation sites (tertiary alicyclic amines) is 1. The van der Waals surface area contributed by atoms with Crippen LogP contribution in [0.3, 0.4) is 0 Å². The lowest BCUT2D eigenvalue weighted by Gasteiger charge is -2.43. The van der Waals surface area contributed by atoms with Gasteiger partial charge in [-0.15, -0.1) is 0 Å². The van der Waals surface area contributed by atoms with Crippen LogP contribution in [0.4, 0.5) is 10.1 Å². The van der Waals surface area contributed by atoms with E-state index in [4.69, 9.17) is 0 Å². The number of amides is 2. The number of aliphatic hydroxyl groups is 1. The molecule has 3 aromatic rings. The second-order valence-corrected chi connectivity index (χ2v) is 9.08. The predicted octanol–water partition coefficient (Wildman–Crippen LogP) is 4.11. The normalized spacial score (nSPS) is 20.2. The first-order chi connectivity index (χ1) is 16.5. The average molecular weight is 459 g/mol. The smallest absolute Gasteiger partial charge is 0.251 e. The van der Waals surface area contributed by atoms with Gasteiger partial charge in [-0.2, -0.15) is 0 Å². The number of anilines is 1. The third-order valence-electron chi connectivity index (χ3n) is 7.18. The quantitative estimate of drug-likeness (QED) is 0.585. The zero-order chi connectivity index (χ0) is 23.7. The molecule has 5 nitrogen and oxygen atoms in total. The summed E-state index contributed by atoms with van der Waals surface area (Å²) in [4.78, 5) is 28.9. The summed E-state index contributed by atoms with van der Waals surface area (Å²) in [7, 11) is 0. The minimum Gasteiger partial charge on any atom is -0.380 e. The molecule has 6 heteroatoms. The van der Waals surface area contributed by atoms with E-state index in [1.54, 1.807) is 6.07 Å². The highest BCUT2D eigenvalue weighted by Gasteiger charge is 2.46. The highest BCUT2D eigenvalue weighted by Crippen LogP contribution is 2.42. The first-order valence-electron chi connectivity index (χ1n) is 11.7. The Labute approximate surface area is 198 Å². The van der Waals surface area contributed by atoms with Gasteiger partial charge in [0.1, 0.15) is 11.4 Å². The molecule has 3 aromatic carbocycles. The fourth-order valence-corrected chi connectivity index (χ4v) is 5.44. The third kappa shape index (κ3) is 3.93. The van der Waals surface area contributed by atoms with E-state index >= 15 is 0 Å². The van der Waals surface area contributed by atoms with Gasteiger partial charge in [0.25, 0.3) is 5.91 Å². The number of benzene rings is 3. The fraction of sp³-hybridized carbons (Fsp3) is 0.286. The largest absolute Gasteiger partial charge is 0.380 e. The van der Waals surface area contributed by atoms with Crippen LogP contribution in [0, 0.1) is 11.7 Å². The van der Waals surface area contributed by atoms with Crippen molar-refractivity contribution in [2.24, 2.45) is 5.92 Å². The van der Waals surface area contributed by atoms with Gasteiger partial charge >= 0.3 is 0 Å². The second kappa shape index (κ2) is 9.12. The highest BCUT2D eigenvalue weighted by atomic mass is 19.1. The molecule has 2 aliphatic rings. The Bertz CT molecular complexity index is 1140. The summed E-state index contributed by atoms with van der Waals surface area (Å²) in [6.07, 6.45) is 1.44. The van der Waals surface area contributed by atoms with Crippen LogP contribution in [0.25, 0.3) is 0 Å². The molecule has 0 aromatic heterocycles. The van der Waals surface area contributed by atoms with Gasteiger partial charge in [0.15, 0.2) is 0 Å². The number of carbonyl (C=O) groups excluding carboxylic acids is 2. The molecule has 1 atom stereocenters. The standard InChI is InChI=1S/C28H27FN2O3/c29-23-12-7-13-24(18-23)31-26(32)19-25(27(31)33)30-16-14-22(15-17-30)28(34,20-8-3-1-4-9-20)21-10-5-2-6-11-21/h1-13,18,22,25,34H,14-17,19H2. The first-order valence-corrected chi connectivity index (χ1v) is 11.7. The zero-order valence-corrected chi connectivity index (χ0v) is 18.8. The number of hydrogen-bond donors (Lipinski definition) is 1. The lowest BCUT2D eigenvalue weighted by molar-refractivity contribution is -0.123. The van der Waals surface area contributed by atoms with Crippen molar-refractivity contribution < 1.29 is 19.1 Å². The van der Waals surface area contributed by atoms with Crippen LogP contribution in [-0.4, -0.2) is 41.0 Å². The number of imide groups is 1. The van der Waals surface area contributed by atoms with Crippen molar-refractivity contribution in [3.05, 3.63) is 102 Å². The van der Waals surface area contributed by atoms with E-state index in [-0.39, 0.29) is 29.8 Å². The van der Waals surface area contributed by atoms with Gasteiger partial charge in [0.05, 0.1) is 18.2 Å². The molecule has 1 N–H and O–H groups in total. The number of hydrogen-bond acceptors (Lipinski definition) is 4. The van der Waals surface area contributed by atoms with Gasteiger partial charge in [0.2, 0.25) is 5.91 Å². The summed E-state index contributed by atoms with van der Waals surface area (Å²) in [6.45, 7) is 1.18. The maximum Gasteiger partial charge on any atom is 0.251 e. The average Bonchev–Trinajstić information content (AvgIpc) is 3.18.